The molecule has 0 bridgehead atoms. The minimum Gasteiger partial charge on any atom is -0.496 e. The van der Waals surface area contributed by atoms with E-state index in [1.807, 2.05) is 0 Å². The summed E-state index contributed by atoms with van der Waals surface area (Å²) in [5.41, 5.74) is 6.57. The van der Waals surface area contributed by atoms with Crippen molar-refractivity contribution in [2.75, 3.05) is 7.11 Å². The van der Waals surface area contributed by atoms with Crippen LogP contribution in [0.1, 0.15) is 18.5 Å². The maximum Gasteiger partial charge on any atom is 0.162 e. The van der Waals surface area contributed by atoms with Gasteiger partial charge in [0.05, 0.1) is 12.7 Å². The number of hydrogen-bond acceptors (Lipinski definition) is 3. The Bertz CT molecular complexity index is 615. The van der Waals surface area contributed by atoms with Crippen LogP contribution < -0.4 is 15.2 Å². The molecule has 0 aromatic heterocycles. The summed E-state index contributed by atoms with van der Waals surface area (Å²) in [6.45, 7) is 1.79. The minimum absolute atomic E-state index is 0.194. The predicted octanol–water partition coefficient (Wildman–Crippen LogP) is 3.79. The van der Waals surface area contributed by atoms with Gasteiger partial charge in [0, 0.05) is 12.1 Å². The molecule has 0 spiro atoms. The van der Waals surface area contributed by atoms with Gasteiger partial charge < -0.3 is 15.2 Å². The topological polar surface area (TPSA) is 44.5 Å². The van der Waals surface area contributed by atoms with Gasteiger partial charge in [0.2, 0.25) is 0 Å². The van der Waals surface area contributed by atoms with Crippen LogP contribution in [0, 0.1) is 11.6 Å². The number of nitrogens with two attached hydrogens (primary N) is 1. The first-order valence-electron chi connectivity index (χ1n) is 6.08. The number of ether oxygens (including phenoxy) is 2. The molecule has 0 heterocycles. The molecule has 2 rings (SSSR count). The van der Waals surface area contributed by atoms with Crippen molar-refractivity contribution in [2.45, 2.75) is 13.0 Å². The van der Waals surface area contributed by atoms with Gasteiger partial charge in [0.1, 0.15) is 17.2 Å². The number of rotatable bonds is 4. The van der Waals surface area contributed by atoms with Crippen LogP contribution in [0.25, 0.3) is 0 Å². The molecule has 0 saturated heterocycles. The van der Waals surface area contributed by atoms with Crippen LogP contribution in [0.5, 0.6) is 17.2 Å². The maximum atomic E-state index is 13.2. The molecule has 5 heteroatoms. The zero-order chi connectivity index (χ0) is 14.7. The smallest absolute Gasteiger partial charge is 0.162 e. The average molecular weight is 279 g/mol. The number of hydrogen-bond donors (Lipinski definition) is 1. The van der Waals surface area contributed by atoms with Gasteiger partial charge in [0.25, 0.3) is 0 Å². The Balaban J connectivity index is 2.40. The Labute approximate surface area is 115 Å². The van der Waals surface area contributed by atoms with E-state index in [4.69, 9.17) is 15.2 Å². The van der Waals surface area contributed by atoms with Crippen LogP contribution >= 0.6 is 0 Å². The second-order valence-corrected chi connectivity index (χ2v) is 4.34. The van der Waals surface area contributed by atoms with Crippen LogP contribution in [-0.4, -0.2) is 7.11 Å². The van der Waals surface area contributed by atoms with Crippen molar-refractivity contribution < 1.29 is 18.3 Å². The van der Waals surface area contributed by atoms with Gasteiger partial charge in [-0.15, -0.1) is 0 Å². The lowest BCUT2D eigenvalue weighted by Crippen LogP contribution is -2.08. The summed E-state index contributed by atoms with van der Waals surface area (Å²) in [5.74, 6) is -0.660. The molecule has 0 aliphatic heterocycles. The first-order chi connectivity index (χ1) is 9.52. The van der Waals surface area contributed by atoms with E-state index in [1.165, 1.54) is 13.2 Å². The average Bonchev–Trinajstić information content (AvgIpc) is 2.42. The van der Waals surface area contributed by atoms with Crippen molar-refractivity contribution >= 4 is 0 Å². The summed E-state index contributed by atoms with van der Waals surface area (Å²) < 4.78 is 36.9. The molecule has 0 radical (unpaired) electrons. The SMILES string of the molecule is COc1cccc(Oc2ccc(F)c(F)c2)c1[C@@H](C)N. The summed E-state index contributed by atoms with van der Waals surface area (Å²) in [6, 6.07) is 8.21. The fourth-order valence-corrected chi connectivity index (χ4v) is 1.91. The third-order valence-electron chi connectivity index (χ3n) is 2.82. The monoisotopic (exact) mass is 279 g/mol. The Morgan fingerprint density at radius 2 is 1.75 bits per heavy atom. The van der Waals surface area contributed by atoms with E-state index in [2.05, 4.69) is 0 Å². The van der Waals surface area contributed by atoms with E-state index in [0.717, 1.165) is 12.1 Å². The molecular weight excluding hydrogens is 264 g/mol. The molecule has 0 amide bonds. The summed E-state index contributed by atoms with van der Waals surface area (Å²) in [5, 5.41) is 0. The van der Waals surface area contributed by atoms with Gasteiger partial charge >= 0.3 is 0 Å². The van der Waals surface area contributed by atoms with Gasteiger partial charge in [-0.3, -0.25) is 0 Å². The van der Waals surface area contributed by atoms with Crippen molar-refractivity contribution in [3.63, 3.8) is 0 Å². The fraction of sp³-hybridized carbons (Fsp3) is 0.200. The summed E-state index contributed by atoms with van der Waals surface area (Å²) >= 11 is 0. The zero-order valence-electron chi connectivity index (χ0n) is 11.2. The van der Waals surface area contributed by atoms with Crippen LogP contribution in [0.3, 0.4) is 0 Å². The van der Waals surface area contributed by atoms with Crippen molar-refractivity contribution in [3.8, 4) is 17.2 Å². The highest BCUT2D eigenvalue weighted by Gasteiger charge is 2.15. The van der Waals surface area contributed by atoms with E-state index < -0.39 is 11.6 Å². The normalized spacial score (nSPS) is 12.1. The second kappa shape index (κ2) is 5.88. The lowest BCUT2D eigenvalue weighted by Gasteiger charge is -2.17. The van der Waals surface area contributed by atoms with Crippen molar-refractivity contribution in [1.29, 1.82) is 0 Å². The lowest BCUT2D eigenvalue weighted by atomic mass is 10.1. The second-order valence-electron chi connectivity index (χ2n) is 4.34. The number of halogens is 2. The Morgan fingerprint density at radius 1 is 1.05 bits per heavy atom. The minimum atomic E-state index is -0.965. The van der Waals surface area contributed by atoms with E-state index in [9.17, 15) is 8.78 Å². The molecule has 0 unspecified atom stereocenters. The van der Waals surface area contributed by atoms with Crippen LogP contribution in [0.4, 0.5) is 8.78 Å². The molecule has 2 N–H and O–H groups in total. The third kappa shape index (κ3) is 2.88. The van der Waals surface area contributed by atoms with Gasteiger partial charge in [-0.2, -0.15) is 0 Å². The van der Waals surface area contributed by atoms with E-state index in [1.54, 1.807) is 25.1 Å². The molecule has 0 fully saturated rings. The van der Waals surface area contributed by atoms with Crippen molar-refractivity contribution in [3.05, 3.63) is 53.6 Å². The van der Waals surface area contributed by atoms with E-state index in [-0.39, 0.29) is 11.8 Å². The first-order valence-corrected chi connectivity index (χ1v) is 6.08. The summed E-state index contributed by atoms with van der Waals surface area (Å²) in [4.78, 5) is 0. The molecule has 0 aliphatic rings. The van der Waals surface area contributed by atoms with E-state index >= 15 is 0 Å². The molecule has 1 atom stereocenters. The molecular formula is C15H15F2NO2. The van der Waals surface area contributed by atoms with Crippen molar-refractivity contribution in [1.82, 2.24) is 0 Å². The van der Waals surface area contributed by atoms with Gasteiger partial charge in [-0.25, -0.2) is 8.78 Å². The quantitative estimate of drug-likeness (QED) is 0.926. The van der Waals surface area contributed by atoms with Gasteiger partial charge in [0.15, 0.2) is 11.6 Å². The van der Waals surface area contributed by atoms with Gasteiger partial charge in [-0.05, 0) is 31.2 Å². The fourth-order valence-electron chi connectivity index (χ4n) is 1.91. The molecule has 0 saturated carbocycles. The van der Waals surface area contributed by atoms with Gasteiger partial charge in [-0.1, -0.05) is 6.07 Å². The molecule has 2 aromatic rings. The Morgan fingerprint density at radius 3 is 2.35 bits per heavy atom. The Kier molecular flexibility index (Phi) is 4.20. The third-order valence-corrected chi connectivity index (χ3v) is 2.82. The maximum absolute atomic E-state index is 13.2. The summed E-state index contributed by atoms with van der Waals surface area (Å²) in [7, 11) is 1.53. The number of methoxy groups -OCH3 is 1. The largest absolute Gasteiger partial charge is 0.496 e. The van der Waals surface area contributed by atoms with Crippen LogP contribution in [0.2, 0.25) is 0 Å². The molecule has 0 aliphatic carbocycles. The Hall–Kier alpha value is -2.14. The standard InChI is InChI=1S/C15H15F2NO2/c1-9(18)15-13(19-2)4-3-5-14(15)20-10-6-7-11(16)12(17)8-10/h3-9H,18H2,1-2H3/t9-/m1/s1. The van der Waals surface area contributed by atoms with Crippen LogP contribution in [0.15, 0.2) is 36.4 Å². The lowest BCUT2D eigenvalue weighted by molar-refractivity contribution is 0.396. The summed E-state index contributed by atoms with van der Waals surface area (Å²) in [6.07, 6.45) is 0. The van der Waals surface area contributed by atoms with Crippen molar-refractivity contribution in [2.24, 2.45) is 5.73 Å². The number of benzene rings is 2. The molecule has 2 aromatic carbocycles. The highest BCUT2D eigenvalue weighted by atomic mass is 19.2. The first kappa shape index (κ1) is 14.3. The highest BCUT2D eigenvalue weighted by molar-refractivity contribution is 5.48. The highest BCUT2D eigenvalue weighted by Crippen LogP contribution is 2.35. The molecule has 106 valence electrons. The molecule has 3 nitrogen and oxygen atoms in total. The van der Waals surface area contributed by atoms with Crippen LogP contribution in [-0.2, 0) is 0 Å². The zero-order valence-corrected chi connectivity index (χ0v) is 11.2. The molecule has 20 heavy (non-hydrogen) atoms. The predicted molar refractivity (Wildman–Crippen MR) is 72.0 cm³/mol. The van der Waals surface area contributed by atoms with E-state index in [0.29, 0.717) is 17.1 Å².